The molecule has 1 aliphatic carbocycles. The van der Waals surface area contributed by atoms with Gasteiger partial charge in [0, 0.05) is 6.61 Å². The van der Waals surface area contributed by atoms with Crippen LogP contribution in [0.5, 0.6) is 0 Å². The Bertz CT molecular complexity index is 301. The molecule has 1 atom stereocenters. The summed E-state index contributed by atoms with van der Waals surface area (Å²) in [6.45, 7) is 0.339. The van der Waals surface area contributed by atoms with E-state index in [9.17, 15) is 5.11 Å². The number of aliphatic hydroxyl groups is 1. The van der Waals surface area contributed by atoms with E-state index in [1.54, 1.807) is 0 Å². The van der Waals surface area contributed by atoms with Gasteiger partial charge < -0.3 is 5.11 Å². The zero-order valence-corrected chi connectivity index (χ0v) is 10.6. The molecular weight excluding hydrogens is 208 g/mol. The summed E-state index contributed by atoms with van der Waals surface area (Å²) in [5.74, 6) is 1.32. The van der Waals surface area contributed by atoms with Gasteiger partial charge in [0.15, 0.2) is 0 Å². The third-order valence-corrected chi connectivity index (χ3v) is 4.02. The molecule has 1 fully saturated rings. The first-order valence-electron chi connectivity index (χ1n) is 7.03. The fourth-order valence-corrected chi connectivity index (χ4v) is 3.06. The highest BCUT2D eigenvalue weighted by Crippen LogP contribution is 2.30. The predicted octanol–water partition coefficient (Wildman–Crippen LogP) is 3.81. The highest BCUT2D eigenvalue weighted by atomic mass is 16.3. The standard InChI is InChI=1S/C16H24O/c17-13-16(11-14-7-3-1-4-8-14)12-15-9-5-2-6-10-15/h1,3-4,7-8,15-17H,2,5-6,9-13H2. The van der Waals surface area contributed by atoms with Gasteiger partial charge in [-0.3, -0.25) is 0 Å². The van der Waals surface area contributed by atoms with Gasteiger partial charge in [-0.05, 0) is 30.2 Å². The van der Waals surface area contributed by atoms with Crippen LogP contribution in [0.1, 0.15) is 44.1 Å². The van der Waals surface area contributed by atoms with Gasteiger partial charge in [0.25, 0.3) is 0 Å². The molecule has 17 heavy (non-hydrogen) atoms. The topological polar surface area (TPSA) is 20.2 Å². The average Bonchev–Trinajstić information content (AvgIpc) is 2.40. The number of benzene rings is 1. The van der Waals surface area contributed by atoms with Crippen molar-refractivity contribution < 1.29 is 5.11 Å². The van der Waals surface area contributed by atoms with Crippen LogP contribution in [0.2, 0.25) is 0 Å². The summed E-state index contributed by atoms with van der Waals surface area (Å²) >= 11 is 0. The lowest BCUT2D eigenvalue weighted by atomic mass is 9.81. The van der Waals surface area contributed by atoms with Crippen LogP contribution in [0.25, 0.3) is 0 Å². The van der Waals surface area contributed by atoms with Crippen molar-refractivity contribution in [3.8, 4) is 0 Å². The van der Waals surface area contributed by atoms with Crippen LogP contribution in [-0.4, -0.2) is 11.7 Å². The molecule has 1 unspecified atom stereocenters. The fourth-order valence-electron chi connectivity index (χ4n) is 3.06. The summed E-state index contributed by atoms with van der Waals surface area (Å²) in [5.41, 5.74) is 1.36. The summed E-state index contributed by atoms with van der Waals surface area (Å²) in [7, 11) is 0. The minimum Gasteiger partial charge on any atom is -0.396 e. The molecule has 0 amide bonds. The molecule has 1 saturated carbocycles. The van der Waals surface area contributed by atoms with Gasteiger partial charge in [0.1, 0.15) is 0 Å². The fraction of sp³-hybridized carbons (Fsp3) is 0.625. The minimum atomic E-state index is 0.339. The van der Waals surface area contributed by atoms with Gasteiger partial charge in [0.2, 0.25) is 0 Å². The quantitative estimate of drug-likeness (QED) is 0.818. The summed E-state index contributed by atoms with van der Waals surface area (Å²) in [6, 6.07) is 10.6. The maximum Gasteiger partial charge on any atom is 0.0462 e. The lowest BCUT2D eigenvalue weighted by Crippen LogP contribution is -2.17. The Labute approximate surface area is 105 Å². The number of hydrogen-bond donors (Lipinski definition) is 1. The average molecular weight is 232 g/mol. The van der Waals surface area contributed by atoms with Gasteiger partial charge in [-0.25, -0.2) is 0 Å². The molecule has 0 saturated heterocycles. The van der Waals surface area contributed by atoms with Crippen LogP contribution in [0.15, 0.2) is 30.3 Å². The van der Waals surface area contributed by atoms with Crippen LogP contribution in [0.3, 0.4) is 0 Å². The van der Waals surface area contributed by atoms with Crippen LogP contribution in [-0.2, 0) is 6.42 Å². The molecule has 0 spiro atoms. The maximum absolute atomic E-state index is 9.52. The maximum atomic E-state index is 9.52. The van der Waals surface area contributed by atoms with Crippen molar-refractivity contribution in [2.75, 3.05) is 6.61 Å². The molecule has 1 heteroatoms. The van der Waals surface area contributed by atoms with Crippen LogP contribution in [0, 0.1) is 11.8 Å². The summed E-state index contributed by atoms with van der Waals surface area (Å²) in [4.78, 5) is 0. The Hall–Kier alpha value is -0.820. The van der Waals surface area contributed by atoms with E-state index in [4.69, 9.17) is 0 Å². The first-order chi connectivity index (χ1) is 8.38. The molecule has 0 radical (unpaired) electrons. The largest absolute Gasteiger partial charge is 0.396 e. The van der Waals surface area contributed by atoms with E-state index < -0.39 is 0 Å². The Morgan fingerprint density at radius 1 is 1.06 bits per heavy atom. The second-order valence-electron chi connectivity index (χ2n) is 5.48. The molecule has 94 valence electrons. The van der Waals surface area contributed by atoms with Crippen molar-refractivity contribution in [1.82, 2.24) is 0 Å². The number of rotatable bonds is 5. The first kappa shape index (κ1) is 12.6. The SMILES string of the molecule is OCC(Cc1ccccc1)CC1CCCCC1. The minimum absolute atomic E-state index is 0.339. The third kappa shape index (κ3) is 4.16. The second kappa shape index (κ2) is 6.80. The Morgan fingerprint density at radius 2 is 1.76 bits per heavy atom. The van der Waals surface area contributed by atoms with E-state index in [0.717, 1.165) is 12.3 Å². The van der Waals surface area contributed by atoms with Crippen molar-refractivity contribution in [2.24, 2.45) is 11.8 Å². The van der Waals surface area contributed by atoms with Crippen LogP contribution >= 0.6 is 0 Å². The molecule has 0 aliphatic heterocycles. The highest BCUT2D eigenvalue weighted by molar-refractivity contribution is 5.15. The van der Waals surface area contributed by atoms with E-state index in [0.29, 0.717) is 12.5 Å². The molecule has 1 nitrogen and oxygen atoms in total. The van der Waals surface area contributed by atoms with Crippen LogP contribution < -0.4 is 0 Å². The predicted molar refractivity (Wildman–Crippen MR) is 71.9 cm³/mol. The molecule has 2 rings (SSSR count). The van der Waals surface area contributed by atoms with Crippen molar-refractivity contribution in [2.45, 2.75) is 44.9 Å². The van der Waals surface area contributed by atoms with Gasteiger partial charge in [0.05, 0.1) is 0 Å². The van der Waals surface area contributed by atoms with E-state index >= 15 is 0 Å². The summed E-state index contributed by atoms with van der Waals surface area (Å²) < 4.78 is 0. The van der Waals surface area contributed by atoms with Crippen molar-refractivity contribution in [1.29, 1.82) is 0 Å². The van der Waals surface area contributed by atoms with Gasteiger partial charge >= 0.3 is 0 Å². The number of aliphatic hydroxyl groups excluding tert-OH is 1. The second-order valence-corrected chi connectivity index (χ2v) is 5.48. The van der Waals surface area contributed by atoms with Gasteiger partial charge in [-0.1, -0.05) is 62.4 Å². The summed E-state index contributed by atoms with van der Waals surface area (Å²) in [6.07, 6.45) is 9.22. The third-order valence-electron chi connectivity index (χ3n) is 4.02. The Morgan fingerprint density at radius 3 is 2.41 bits per heavy atom. The van der Waals surface area contributed by atoms with E-state index in [-0.39, 0.29) is 0 Å². The lowest BCUT2D eigenvalue weighted by Gasteiger charge is -2.25. The van der Waals surface area contributed by atoms with Crippen molar-refractivity contribution >= 4 is 0 Å². The normalized spacial score (nSPS) is 19.1. The smallest absolute Gasteiger partial charge is 0.0462 e. The zero-order valence-electron chi connectivity index (χ0n) is 10.6. The molecule has 1 aliphatic rings. The molecule has 0 heterocycles. The zero-order chi connectivity index (χ0) is 11.9. The molecule has 1 N–H and O–H groups in total. The molecular formula is C16H24O. The summed E-state index contributed by atoms with van der Waals surface area (Å²) in [5, 5.41) is 9.52. The number of hydrogen-bond acceptors (Lipinski definition) is 1. The van der Waals surface area contributed by atoms with Gasteiger partial charge in [-0.2, -0.15) is 0 Å². The van der Waals surface area contributed by atoms with Crippen molar-refractivity contribution in [3.63, 3.8) is 0 Å². The van der Waals surface area contributed by atoms with E-state index in [1.807, 2.05) is 0 Å². The molecule has 1 aromatic carbocycles. The monoisotopic (exact) mass is 232 g/mol. The molecule has 1 aromatic rings. The highest BCUT2D eigenvalue weighted by Gasteiger charge is 2.18. The van der Waals surface area contributed by atoms with E-state index in [2.05, 4.69) is 30.3 Å². The van der Waals surface area contributed by atoms with Crippen molar-refractivity contribution in [3.05, 3.63) is 35.9 Å². The van der Waals surface area contributed by atoms with Crippen LogP contribution in [0.4, 0.5) is 0 Å². The lowest BCUT2D eigenvalue weighted by molar-refractivity contribution is 0.185. The van der Waals surface area contributed by atoms with E-state index in [1.165, 1.54) is 44.1 Å². The first-order valence-corrected chi connectivity index (χ1v) is 7.03. The Kier molecular flexibility index (Phi) is 5.06. The van der Waals surface area contributed by atoms with Gasteiger partial charge in [-0.15, -0.1) is 0 Å². The Balaban J connectivity index is 1.83. The molecule has 0 bridgehead atoms. The molecule has 0 aromatic heterocycles.